The van der Waals surface area contributed by atoms with Crippen molar-refractivity contribution in [1.29, 1.82) is 0 Å². The topological polar surface area (TPSA) is 92.3 Å². The molecule has 0 radical (unpaired) electrons. The van der Waals surface area contributed by atoms with E-state index in [2.05, 4.69) is 4.98 Å². The number of rotatable bonds is 7. The van der Waals surface area contributed by atoms with Crippen LogP contribution in [0.5, 0.6) is 11.5 Å². The second kappa shape index (κ2) is 9.35. The zero-order valence-electron chi connectivity index (χ0n) is 18.8. The SMILES string of the molecule is COc1cccc(C=Cc2nc3ccccc3n2-c2ccc([N+](=O)[O-])cn2)c1OC1CCCC1. The van der Waals surface area contributed by atoms with Crippen LogP contribution in [0.1, 0.15) is 37.1 Å². The fourth-order valence-corrected chi connectivity index (χ4v) is 4.30. The summed E-state index contributed by atoms with van der Waals surface area (Å²) in [5.41, 5.74) is 2.49. The molecule has 2 aromatic heterocycles. The average molecular weight is 457 g/mol. The summed E-state index contributed by atoms with van der Waals surface area (Å²) in [6, 6.07) is 16.6. The van der Waals surface area contributed by atoms with Gasteiger partial charge >= 0.3 is 0 Å². The summed E-state index contributed by atoms with van der Waals surface area (Å²) in [6.45, 7) is 0. The van der Waals surface area contributed by atoms with E-state index in [-0.39, 0.29) is 11.8 Å². The fraction of sp³-hybridized carbons (Fsp3) is 0.231. The summed E-state index contributed by atoms with van der Waals surface area (Å²) in [6.07, 6.45) is 9.75. The van der Waals surface area contributed by atoms with E-state index in [1.54, 1.807) is 13.2 Å². The van der Waals surface area contributed by atoms with Crippen LogP contribution >= 0.6 is 0 Å². The maximum absolute atomic E-state index is 11.1. The number of fused-ring (bicyclic) bond motifs is 1. The molecule has 0 atom stereocenters. The van der Waals surface area contributed by atoms with Gasteiger partial charge in [0.2, 0.25) is 0 Å². The van der Waals surface area contributed by atoms with Gasteiger partial charge in [-0.3, -0.25) is 14.7 Å². The van der Waals surface area contributed by atoms with Crippen LogP contribution in [0.4, 0.5) is 5.69 Å². The van der Waals surface area contributed by atoms with Gasteiger partial charge in [0.05, 0.1) is 29.2 Å². The van der Waals surface area contributed by atoms with Gasteiger partial charge in [0, 0.05) is 11.6 Å². The van der Waals surface area contributed by atoms with Crippen molar-refractivity contribution in [1.82, 2.24) is 14.5 Å². The second-order valence-corrected chi connectivity index (χ2v) is 8.16. The zero-order chi connectivity index (χ0) is 23.5. The Morgan fingerprint density at radius 2 is 1.88 bits per heavy atom. The number of hydrogen-bond donors (Lipinski definition) is 0. The number of nitro groups is 1. The molecule has 0 bridgehead atoms. The summed E-state index contributed by atoms with van der Waals surface area (Å²) in [5.74, 6) is 2.62. The largest absolute Gasteiger partial charge is 0.493 e. The van der Waals surface area contributed by atoms with Crippen molar-refractivity contribution in [3.8, 4) is 17.3 Å². The van der Waals surface area contributed by atoms with Crippen LogP contribution in [-0.4, -0.2) is 32.7 Å². The van der Waals surface area contributed by atoms with Crippen molar-refractivity contribution < 1.29 is 14.4 Å². The highest BCUT2D eigenvalue weighted by molar-refractivity contribution is 5.82. The van der Waals surface area contributed by atoms with Crippen LogP contribution in [0.25, 0.3) is 29.0 Å². The van der Waals surface area contributed by atoms with Gasteiger partial charge in [0.15, 0.2) is 11.5 Å². The van der Waals surface area contributed by atoms with Crippen LogP contribution in [0.15, 0.2) is 60.8 Å². The maximum atomic E-state index is 11.1. The van der Waals surface area contributed by atoms with Crippen molar-refractivity contribution in [2.24, 2.45) is 0 Å². The molecular weight excluding hydrogens is 432 g/mol. The Hall–Kier alpha value is -4.20. The number of aromatic nitrogens is 3. The van der Waals surface area contributed by atoms with E-state index in [0.29, 0.717) is 17.4 Å². The number of ether oxygens (including phenoxy) is 2. The highest BCUT2D eigenvalue weighted by Gasteiger charge is 2.20. The minimum Gasteiger partial charge on any atom is -0.493 e. The highest BCUT2D eigenvalue weighted by Crippen LogP contribution is 2.36. The van der Waals surface area contributed by atoms with E-state index < -0.39 is 4.92 Å². The number of nitrogens with zero attached hydrogens (tertiary/aromatic N) is 4. The van der Waals surface area contributed by atoms with Crippen LogP contribution < -0.4 is 9.47 Å². The first-order valence-corrected chi connectivity index (χ1v) is 11.2. The Bertz CT molecular complexity index is 1360. The fourth-order valence-electron chi connectivity index (χ4n) is 4.30. The normalized spacial score (nSPS) is 14.1. The standard InChI is InChI=1S/C26H24N4O4/c1-33-23-12-6-7-18(26(23)34-20-8-2-3-9-20)13-15-25-28-21-10-4-5-11-22(21)29(25)24-16-14-19(17-27-24)30(31)32/h4-7,10-17,20H,2-3,8-9H2,1H3. The third-order valence-corrected chi connectivity index (χ3v) is 5.99. The predicted octanol–water partition coefficient (Wildman–Crippen LogP) is 5.83. The van der Waals surface area contributed by atoms with Gasteiger partial charge in [-0.05, 0) is 62.1 Å². The summed E-state index contributed by atoms with van der Waals surface area (Å²) in [4.78, 5) is 19.7. The minimum atomic E-state index is -0.460. The molecule has 34 heavy (non-hydrogen) atoms. The Morgan fingerprint density at radius 1 is 1.06 bits per heavy atom. The van der Waals surface area contributed by atoms with Crippen molar-refractivity contribution in [3.63, 3.8) is 0 Å². The lowest BCUT2D eigenvalue weighted by atomic mass is 10.1. The lowest BCUT2D eigenvalue weighted by Crippen LogP contribution is -2.12. The van der Waals surface area contributed by atoms with E-state index in [4.69, 9.17) is 14.5 Å². The molecule has 0 spiro atoms. The molecular formula is C26H24N4O4. The van der Waals surface area contributed by atoms with Gasteiger partial charge in [-0.15, -0.1) is 0 Å². The monoisotopic (exact) mass is 456 g/mol. The molecule has 8 nitrogen and oxygen atoms in total. The number of methoxy groups -OCH3 is 1. The van der Waals surface area contributed by atoms with E-state index >= 15 is 0 Å². The molecule has 0 amide bonds. The molecule has 0 aliphatic heterocycles. The first-order valence-electron chi connectivity index (χ1n) is 11.2. The number of para-hydroxylation sites is 3. The molecule has 1 aliphatic carbocycles. The molecule has 0 saturated heterocycles. The second-order valence-electron chi connectivity index (χ2n) is 8.16. The van der Waals surface area contributed by atoms with Gasteiger partial charge < -0.3 is 9.47 Å². The summed E-state index contributed by atoms with van der Waals surface area (Å²) >= 11 is 0. The van der Waals surface area contributed by atoms with Gasteiger partial charge in [0.25, 0.3) is 5.69 Å². The molecule has 0 unspecified atom stereocenters. The quantitative estimate of drug-likeness (QED) is 0.257. The van der Waals surface area contributed by atoms with Crippen molar-refractivity contribution in [2.45, 2.75) is 31.8 Å². The minimum absolute atomic E-state index is 0.0599. The molecule has 8 heteroatoms. The Kier molecular flexibility index (Phi) is 5.95. The zero-order valence-corrected chi connectivity index (χ0v) is 18.8. The average Bonchev–Trinajstić information content (AvgIpc) is 3.51. The molecule has 2 aromatic carbocycles. The van der Waals surface area contributed by atoms with E-state index in [1.165, 1.54) is 25.1 Å². The Labute approximate surface area is 196 Å². The van der Waals surface area contributed by atoms with Crippen LogP contribution in [-0.2, 0) is 0 Å². The predicted molar refractivity (Wildman–Crippen MR) is 130 cm³/mol. The van der Waals surface area contributed by atoms with Crippen LogP contribution in [0.3, 0.4) is 0 Å². The molecule has 4 aromatic rings. The number of hydrogen-bond acceptors (Lipinski definition) is 6. The first-order chi connectivity index (χ1) is 16.6. The smallest absolute Gasteiger partial charge is 0.287 e. The summed E-state index contributed by atoms with van der Waals surface area (Å²) in [5, 5.41) is 11.1. The van der Waals surface area contributed by atoms with Crippen molar-refractivity contribution >= 4 is 28.9 Å². The van der Waals surface area contributed by atoms with Gasteiger partial charge in [-0.1, -0.05) is 24.3 Å². The Morgan fingerprint density at radius 3 is 2.62 bits per heavy atom. The van der Waals surface area contributed by atoms with Crippen LogP contribution in [0, 0.1) is 10.1 Å². The maximum Gasteiger partial charge on any atom is 0.287 e. The Balaban J connectivity index is 1.56. The molecule has 2 heterocycles. The molecule has 5 rings (SSSR count). The summed E-state index contributed by atoms with van der Waals surface area (Å²) < 4.78 is 13.8. The van der Waals surface area contributed by atoms with Gasteiger partial charge in [-0.2, -0.15) is 0 Å². The third-order valence-electron chi connectivity index (χ3n) is 5.99. The molecule has 1 saturated carbocycles. The number of pyridine rings is 1. The molecule has 172 valence electrons. The lowest BCUT2D eigenvalue weighted by molar-refractivity contribution is -0.385. The molecule has 1 aliphatic rings. The number of imidazole rings is 1. The van der Waals surface area contributed by atoms with Gasteiger partial charge in [0.1, 0.15) is 17.8 Å². The first kappa shape index (κ1) is 21.6. The van der Waals surface area contributed by atoms with Crippen molar-refractivity contribution in [2.75, 3.05) is 7.11 Å². The molecule has 0 N–H and O–H groups in total. The van der Waals surface area contributed by atoms with E-state index in [9.17, 15) is 10.1 Å². The van der Waals surface area contributed by atoms with Crippen LogP contribution in [0.2, 0.25) is 0 Å². The highest BCUT2D eigenvalue weighted by atomic mass is 16.6. The molecule has 1 fully saturated rings. The summed E-state index contributed by atoms with van der Waals surface area (Å²) in [7, 11) is 1.64. The number of benzene rings is 2. The third kappa shape index (κ3) is 4.22. The van der Waals surface area contributed by atoms with E-state index in [1.807, 2.05) is 59.2 Å². The van der Waals surface area contributed by atoms with Crippen molar-refractivity contribution in [3.05, 3.63) is 82.3 Å². The van der Waals surface area contributed by atoms with Gasteiger partial charge in [-0.25, -0.2) is 9.97 Å². The lowest BCUT2D eigenvalue weighted by Gasteiger charge is -2.18. The van der Waals surface area contributed by atoms with E-state index in [0.717, 1.165) is 35.2 Å².